The highest BCUT2D eigenvalue weighted by Crippen LogP contribution is 2.41. The molecule has 2 amide bonds. The molecule has 178 valence electrons. The minimum absolute atomic E-state index is 0.0973. The lowest BCUT2D eigenvalue weighted by Gasteiger charge is -2.18. The van der Waals surface area contributed by atoms with E-state index in [-0.39, 0.29) is 48.8 Å². The van der Waals surface area contributed by atoms with E-state index >= 15 is 0 Å². The summed E-state index contributed by atoms with van der Waals surface area (Å²) in [6.07, 6.45) is 1.72. The Bertz CT molecular complexity index is 1480. The molecule has 5 rings (SSSR count). The summed E-state index contributed by atoms with van der Waals surface area (Å²) >= 11 is 0. The predicted molar refractivity (Wildman–Crippen MR) is 128 cm³/mol. The standard InChI is InChI=1S/C24H23FN8O2/c1-24(2)17-19(28-16(34)9-10-26)29-21(30-20(17)31-23(24)35)18-14-7-5-11-27-22(14)33(32-18)12-13-6-3-4-8-15(13)25/h3-8,11H,9-10,12,26H2,1-2H3,(H2,28,29,30,31,34,35). The summed E-state index contributed by atoms with van der Waals surface area (Å²) in [7, 11) is 0. The van der Waals surface area contributed by atoms with Crippen LogP contribution in [0.5, 0.6) is 0 Å². The summed E-state index contributed by atoms with van der Waals surface area (Å²) in [6, 6.07) is 10.0. The van der Waals surface area contributed by atoms with Crippen LogP contribution in [0.4, 0.5) is 16.0 Å². The molecule has 10 nitrogen and oxygen atoms in total. The van der Waals surface area contributed by atoms with Gasteiger partial charge in [0, 0.05) is 24.7 Å². The van der Waals surface area contributed by atoms with Crippen LogP contribution in [-0.2, 0) is 21.5 Å². The van der Waals surface area contributed by atoms with Gasteiger partial charge in [-0.05, 0) is 32.0 Å². The molecular weight excluding hydrogens is 451 g/mol. The van der Waals surface area contributed by atoms with Gasteiger partial charge in [-0.15, -0.1) is 0 Å². The SMILES string of the molecule is CC1(C)C(=O)Nc2nc(-c3nn(Cc4ccccc4F)c4ncccc34)nc(NC(=O)CCN)c21. The largest absolute Gasteiger partial charge is 0.330 e. The molecule has 0 spiro atoms. The first-order chi connectivity index (χ1) is 16.8. The zero-order valence-electron chi connectivity index (χ0n) is 19.2. The number of carbonyl (C=O) groups excluding carboxylic acids is 2. The van der Waals surface area contributed by atoms with Gasteiger partial charge in [-0.1, -0.05) is 18.2 Å². The first-order valence-corrected chi connectivity index (χ1v) is 11.1. The molecule has 0 atom stereocenters. The number of benzene rings is 1. The first-order valence-electron chi connectivity index (χ1n) is 11.1. The first kappa shape index (κ1) is 22.5. The van der Waals surface area contributed by atoms with Crippen LogP contribution in [-0.4, -0.2) is 43.1 Å². The molecule has 0 fully saturated rings. The van der Waals surface area contributed by atoms with E-state index in [2.05, 4.69) is 30.7 Å². The fourth-order valence-corrected chi connectivity index (χ4v) is 4.12. The second kappa shape index (κ2) is 8.51. The van der Waals surface area contributed by atoms with Crippen molar-refractivity contribution < 1.29 is 14.0 Å². The van der Waals surface area contributed by atoms with Crippen molar-refractivity contribution in [2.45, 2.75) is 32.2 Å². The number of rotatable bonds is 6. The molecule has 3 aromatic heterocycles. The van der Waals surface area contributed by atoms with Crippen LogP contribution in [0.3, 0.4) is 0 Å². The Morgan fingerprint density at radius 1 is 1.20 bits per heavy atom. The molecule has 0 saturated carbocycles. The summed E-state index contributed by atoms with van der Waals surface area (Å²) in [5.41, 5.74) is 6.43. The number of halogens is 1. The normalized spacial score (nSPS) is 14.1. The van der Waals surface area contributed by atoms with E-state index in [9.17, 15) is 14.0 Å². The number of nitrogens with zero attached hydrogens (tertiary/aromatic N) is 5. The van der Waals surface area contributed by atoms with Gasteiger partial charge in [0.05, 0.1) is 22.9 Å². The lowest BCUT2D eigenvalue weighted by molar-refractivity contribution is -0.120. The van der Waals surface area contributed by atoms with Gasteiger partial charge >= 0.3 is 0 Å². The number of anilines is 2. The molecule has 0 aliphatic carbocycles. The van der Waals surface area contributed by atoms with E-state index in [0.29, 0.717) is 33.7 Å². The monoisotopic (exact) mass is 474 g/mol. The Balaban J connectivity index is 1.66. The van der Waals surface area contributed by atoms with E-state index in [1.54, 1.807) is 49.0 Å². The highest BCUT2D eigenvalue weighted by molar-refractivity contribution is 6.08. The van der Waals surface area contributed by atoms with Crippen molar-refractivity contribution in [1.82, 2.24) is 24.7 Å². The van der Waals surface area contributed by atoms with Crippen molar-refractivity contribution in [2.24, 2.45) is 5.73 Å². The smallest absolute Gasteiger partial charge is 0.235 e. The van der Waals surface area contributed by atoms with E-state index < -0.39 is 5.41 Å². The lowest BCUT2D eigenvalue weighted by atomic mass is 9.87. The molecule has 4 heterocycles. The lowest BCUT2D eigenvalue weighted by Crippen LogP contribution is -2.28. The van der Waals surface area contributed by atoms with Crippen molar-refractivity contribution in [3.63, 3.8) is 0 Å². The van der Waals surface area contributed by atoms with Gasteiger partial charge in [0.1, 0.15) is 23.1 Å². The van der Waals surface area contributed by atoms with Crippen LogP contribution in [0, 0.1) is 5.82 Å². The fraction of sp³-hybridized carbons (Fsp3) is 0.250. The Hall–Kier alpha value is -4.25. The molecule has 4 aromatic rings. The molecule has 1 aromatic carbocycles. The van der Waals surface area contributed by atoms with Gasteiger partial charge in [0.25, 0.3) is 0 Å². The van der Waals surface area contributed by atoms with Crippen LogP contribution in [0.25, 0.3) is 22.6 Å². The minimum Gasteiger partial charge on any atom is -0.330 e. The molecule has 35 heavy (non-hydrogen) atoms. The van der Waals surface area contributed by atoms with Crippen molar-refractivity contribution in [1.29, 1.82) is 0 Å². The van der Waals surface area contributed by atoms with Crippen molar-refractivity contribution >= 4 is 34.5 Å². The third-order valence-corrected chi connectivity index (χ3v) is 5.96. The van der Waals surface area contributed by atoms with E-state index in [4.69, 9.17) is 5.73 Å². The van der Waals surface area contributed by atoms with Crippen LogP contribution >= 0.6 is 0 Å². The Kier molecular flexibility index (Phi) is 5.48. The molecule has 4 N–H and O–H groups in total. The molecule has 0 unspecified atom stereocenters. The number of fused-ring (bicyclic) bond motifs is 2. The summed E-state index contributed by atoms with van der Waals surface area (Å²) in [6.45, 7) is 3.79. The van der Waals surface area contributed by atoms with Gasteiger partial charge in [0.15, 0.2) is 11.5 Å². The molecule has 0 saturated heterocycles. The number of aromatic nitrogens is 5. The molecule has 0 radical (unpaired) electrons. The Labute approximate surface area is 199 Å². The van der Waals surface area contributed by atoms with Crippen molar-refractivity contribution in [3.05, 3.63) is 59.5 Å². The van der Waals surface area contributed by atoms with Crippen LogP contribution in [0.1, 0.15) is 31.4 Å². The van der Waals surface area contributed by atoms with Crippen LogP contribution < -0.4 is 16.4 Å². The summed E-state index contributed by atoms with van der Waals surface area (Å²) in [5, 5.41) is 10.8. The summed E-state index contributed by atoms with van der Waals surface area (Å²) in [4.78, 5) is 38.6. The van der Waals surface area contributed by atoms with Gasteiger partial charge in [-0.3, -0.25) is 9.59 Å². The number of amides is 2. The average Bonchev–Trinajstić information content (AvgIpc) is 3.29. The number of nitrogens with one attached hydrogen (secondary N) is 2. The second-order valence-corrected chi connectivity index (χ2v) is 8.76. The fourth-order valence-electron chi connectivity index (χ4n) is 4.12. The zero-order chi connectivity index (χ0) is 24.7. The summed E-state index contributed by atoms with van der Waals surface area (Å²) in [5.74, 6) is -0.232. The minimum atomic E-state index is -0.951. The maximum Gasteiger partial charge on any atom is 0.235 e. The van der Waals surface area contributed by atoms with Crippen molar-refractivity contribution in [3.8, 4) is 11.5 Å². The van der Waals surface area contributed by atoms with Gasteiger partial charge < -0.3 is 16.4 Å². The molecule has 1 aliphatic heterocycles. The summed E-state index contributed by atoms with van der Waals surface area (Å²) < 4.78 is 15.9. The number of hydrogen-bond acceptors (Lipinski definition) is 7. The predicted octanol–water partition coefficient (Wildman–Crippen LogP) is 2.59. The van der Waals surface area contributed by atoms with Gasteiger partial charge in [0.2, 0.25) is 11.8 Å². The Morgan fingerprint density at radius 3 is 2.77 bits per heavy atom. The highest BCUT2D eigenvalue weighted by atomic mass is 19.1. The average molecular weight is 475 g/mol. The molecular formula is C24H23FN8O2. The van der Waals surface area contributed by atoms with E-state index in [1.165, 1.54) is 6.07 Å². The molecule has 1 aliphatic rings. The molecule has 0 bridgehead atoms. The maximum absolute atomic E-state index is 14.3. The van der Waals surface area contributed by atoms with E-state index in [1.807, 2.05) is 6.07 Å². The van der Waals surface area contributed by atoms with Crippen molar-refractivity contribution in [2.75, 3.05) is 17.2 Å². The van der Waals surface area contributed by atoms with Gasteiger partial charge in [-0.25, -0.2) is 24.0 Å². The quantitative estimate of drug-likeness (QED) is 0.390. The third kappa shape index (κ3) is 3.89. The Morgan fingerprint density at radius 2 is 2.00 bits per heavy atom. The molecule has 11 heteroatoms. The highest BCUT2D eigenvalue weighted by Gasteiger charge is 2.43. The van der Waals surface area contributed by atoms with Crippen LogP contribution in [0.2, 0.25) is 0 Å². The maximum atomic E-state index is 14.3. The topological polar surface area (TPSA) is 141 Å². The number of hydrogen-bond donors (Lipinski definition) is 3. The number of pyridine rings is 1. The number of carbonyl (C=O) groups is 2. The van der Waals surface area contributed by atoms with E-state index in [0.717, 1.165) is 0 Å². The number of nitrogens with two attached hydrogens (primary N) is 1. The zero-order valence-corrected chi connectivity index (χ0v) is 19.2. The third-order valence-electron chi connectivity index (χ3n) is 5.96. The second-order valence-electron chi connectivity index (χ2n) is 8.76. The van der Waals surface area contributed by atoms with Gasteiger partial charge in [-0.2, -0.15) is 5.10 Å². The van der Waals surface area contributed by atoms with Crippen LogP contribution in [0.15, 0.2) is 42.6 Å².